The number of aromatic amines is 1. The average molecular weight is 383 g/mol. The second-order valence-corrected chi connectivity index (χ2v) is 10.6. The highest BCUT2D eigenvalue weighted by atomic mass is 31.2. The Hall–Kier alpha value is -2.00. The number of rotatable bonds is 4. The third kappa shape index (κ3) is 2.99. The van der Waals surface area contributed by atoms with E-state index in [-0.39, 0.29) is 23.5 Å². The summed E-state index contributed by atoms with van der Waals surface area (Å²) in [7, 11) is -2.49. The van der Waals surface area contributed by atoms with Gasteiger partial charge < -0.3 is 29.8 Å². The number of aromatic nitrogens is 4. The maximum atomic E-state index is 12.0. The molecule has 0 saturated heterocycles. The van der Waals surface area contributed by atoms with Gasteiger partial charge in [0.15, 0.2) is 11.2 Å². The molecule has 1 saturated carbocycles. The van der Waals surface area contributed by atoms with E-state index in [1.54, 1.807) is 13.3 Å². The zero-order chi connectivity index (χ0) is 19.4. The Morgan fingerprint density at radius 2 is 2.19 bits per heavy atom. The van der Waals surface area contributed by atoms with Gasteiger partial charge in [0.2, 0.25) is 5.95 Å². The number of aliphatic hydroxyl groups excluding tert-OH is 1. The second-order valence-electron chi connectivity index (χ2n) is 7.21. The third-order valence-electron chi connectivity index (χ3n) is 4.45. The molecule has 2 aromatic heterocycles. The highest BCUT2D eigenvalue weighted by molar-refractivity contribution is 7.62. The summed E-state index contributed by atoms with van der Waals surface area (Å²) >= 11 is 0. The summed E-state index contributed by atoms with van der Waals surface area (Å²) in [5, 5.41) is 21.5. The van der Waals surface area contributed by atoms with Gasteiger partial charge in [-0.05, 0) is 25.8 Å². The van der Waals surface area contributed by atoms with Gasteiger partial charge in [-0.2, -0.15) is 4.98 Å². The molecule has 0 aliphatic heterocycles. The summed E-state index contributed by atoms with van der Waals surface area (Å²) in [5.41, 5.74) is 3.97. The molecular formula is C15H22N5O5P. The van der Waals surface area contributed by atoms with Crippen molar-refractivity contribution < 1.29 is 19.5 Å². The van der Waals surface area contributed by atoms with Crippen molar-refractivity contribution in [2.75, 3.05) is 25.4 Å². The highest BCUT2D eigenvalue weighted by Gasteiger charge is 2.55. The summed E-state index contributed by atoms with van der Waals surface area (Å²) in [6, 6.07) is -0.866. The lowest BCUT2D eigenvalue weighted by atomic mass is 9.97. The zero-order valence-corrected chi connectivity index (χ0v) is 15.6. The fourth-order valence-electron chi connectivity index (χ4n) is 3.25. The first-order valence-corrected chi connectivity index (χ1v) is 10.7. The minimum absolute atomic E-state index is 0.0493. The molecule has 0 bridgehead atoms. The second kappa shape index (κ2) is 6.02. The van der Waals surface area contributed by atoms with Crippen molar-refractivity contribution in [2.24, 2.45) is 0 Å². The van der Waals surface area contributed by atoms with E-state index in [9.17, 15) is 19.6 Å². The minimum Gasteiger partial charge on any atom is -0.387 e. The molecule has 0 spiro atoms. The predicted molar refractivity (Wildman–Crippen MR) is 96.6 cm³/mol. The van der Waals surface area contributed by atoms with E-state index < -0.39 is 36.6 Å². The Kier molecular flexibility index (Phi) is 4.35. The molecule has 2 aromatic rings. The van der Waals surface area contributed by atoms with Gasteiger partial charge >= 0.3 is 0 Å². The van der Waals surface area contributed by atoms with Gasteiger partial charge in [-0.25, -0.2) is 4.98 Å². The van der Waals surface area contributed by atoms with Crippen LogP contribution in [-0.2, 0) is 9.30 Å². The quantitative estimate of drug-likeness (QED) is 0.421. The molecule has 1 aliphatic rings. The van der Waals surface area contributed by atoms with Crippen molar-refractivity contribution >= 4 is 24.3 Å². The molecule has 11 heteroatoms. The summed E-state index contributed by atoms with van der Waals surface area (Å²) in [5.74, 6) is -0.0984. The van der Waals surface area contributed by atoms with Crippen LogP contribution in [0, 0.1) is 0 Å². The number of hydrogen-bond acceptors (Lipinski definition) is 8. The average Bonchev–Trinajstić information content (AvgIpc) is 2.95. The van der Waals surface area contributed by atoms with Crippen molar-refractivity contribution in [3.8, 4) is 0 Å². The van der Waals surface area contributed by atoms with Crippen LogP contribution in [0.2, 0.25) is 0 Å². The minimum atomic E-state index is -2.49. The lowest BCUT2D eigenvalue weighted by molar-refractivity contribution is -0.0977. The molecule has 4 atom stereocenters. The van der Waals surface area contributed by atoms with Crippen molar-refractivity contribution in [3.63, 3.8) is 0 Å². The van der Waals surface area contributed by atoms with Gasteiger partial charge in [-0.3, -0.25) is 9.78 Å². The Balaban J connectivity index is 2.06. The largest absolute Gasteiger partial charge is 0.387 e. The summed E-state index contributed by atoms with van der Waals surface area (Å²) in [4.78, 5) is 22.4. The number of nitrogens with one attached hydrogen (secondary N) is 1. The molecule has 0 aromatic carbocycles. The van der Waals surface area contributed by atoms with Crippen molar-refractivity contribution in [1.29, 1.82) is 0 Å². The lowest BCUT2D eigenvalue weighted by Crippen LogP contribution is -2.44. The first kappa shape index (κ1) is 18.8. The standard InChI is InChI=1S/C15H22N5O5P/c1-7-9(25-6-26(3,4)24)11(21)15(2,23)10(7)20-5-17-8-12(20)18-14(16)19-13(8)22/h5,9-11,21,23H,1,6H2,2-4H3,(H3,16,18,19,22)/t9-,10+,11+,15-/m0/s1. The fraction of sp³-hybridized carbons (Fsp3) is 0.533. The van der Waals surface area contributed by atoms with Gasteiger partial charge in [0.05, 0.1) is 12.4 Å². The van der Waals surface area contributed by atoms with Crippen molar-refractivity contribution in [2.45, 2.75) is 30.8 Å². The van der Waals surface area contributed by atoms with Crippen LogP contribution in [0.25, 0.3) is 11.2 Å². The smallest absolute Gasteiger partial charge is 0.280 e. The van der Waals surface area contributed by atoms with Crippen molar-refractivity contribution in [3.05, 3.63) is 28.8 Å². The van der Waals surface area contributed by atoms with Gasteiger partial charge in [-0.1, -0.05) is 6.58 Å². The van der Waals surface area contributed by atoms with Crippen LogP contribution in [-0.4, -0.2) is 67.2 Å². The van der Waals surface area contributed by atoms with Crippen LogP contribution in [0.1, 0.15) is 13.0 Å². The third-order valence-corrected chi connectivity index (χ3v) is 5.22. The first-order valence-electron chi connectivity index (χ1n) is 7.90. The van der Waals surface area contributed by atoms with Crippen LogP contribution in [0.15, 0.2) is 23.3 Å². The highest BCUT2D eigenvalue weighted by Crippen LogP contribution is 2.46. The van der Waals surface area contributed by atoms with Crippen LogP contribution in [0.4, 0.5) is 5.95 Å². The predicted octanol–water partition coefficient (Wildman–Crippen LogP) is -0.110. The number of H-pyrrole nitrogens is 1. The monoisotopic (exact) mass is 383 g/mol. The molecule has 1 fully saturated rings. The molecule has 5 N–H and O–H groups in total. The van der Waals surface area contributed by atoms with Gasteiger partial charge in [0.1, 0.15) is 31.3 Å². The van der Waals surface area contributed by atoms with Gasteiger partial charge in [0, 0.05) is 0 Å². The van der Waals surface area contributed by atoms with E-state index in [4.69, 9.17) is 10.5 Å². The van der Waals surface area contributed by atoms with E-state index in [2.05, 4.69) is 21.5 Å². The van der Waals surface area contributed by atoms with Crippen molar-refractivity contribution in [1.82, 2.24) is 19.5 Å². The lowest BCUT2D eigenvalue weighted by Gasteiger charge is -2.29. The number of ether oxygens (including phenoxy) is 1. The SMILES string of the molecule is C=C1[C@H](OCP(C)(C)=O)[C@@H](O)[C@@](C)(O)[C@@H]1n1cnc2c(=O)[nH]c(N)nc21. The Labute approximate surface area is 149 Å². The zero-order valence-electron chi connectivity index (χ0n) is 14.7. The Morgan fingerprint density at radius 3 is 2.81 bits per heavy atom. The van der Waals surface area contributed by atoms with Gasteiger partial charge in [0.25, 0.3) is 5.56 Å². The Bertz CT molecular complexity index is 974. The summed E-state index contributed by atoms with van der Waals surface area (Å²) < 4.78 is 19.0. The normalized spacial score (nSPS) is 29.6. The van der Waals surface area contributed by atoms with Crippen LogP contribution >= 0.6 is 7.14 Å². The molecule has 3 rings (SSSR count). The van der Waals surface area contributed by atoms with E-state index in [1.165, 1.54) is 17.8 Å². The first-order chi connectivity index (χ1) is 11.9. The fourth-order valence-corrected chi connectivity index (χ4v) is 3.77. The Morgan fingerprint density at radius 1 is 1.54 bits per heavy atom. The van der Waals surface area contributed by atoms with E-state index in [1.807, 2.05) is 0 Å². The molecule has 2 heterocycles. The number of fused-ring (bicyclic) bond motifs is 1. The van der Waals surface area contributed by atoms with E-state index in [0.29, 0.717) is 5.57 Å². The topological polar surface area (TPSA) is 156 Å². The number of nitrogens with zero attached hydrogens (tertiary/aromatic N) is 3. The number of hydrogen-bond donors (Lipinski definition) is 4. The molecule has 0 radical (unpaired) electrons. The van der Waals surface area contributed by atoms with E-state index in [0.717, 1.165) is 0 Å². The number of nitrogen functional groups attached to an aromatic ring is 1. The summed E-state index contributed by atoms with van der Waals surface area (Å²) in [6.07, 6.45) is -0.981. The van der Waals surface area contributed by atoms with E-state index >= 15 is 0 Å². The number of nitrogens with two attached hydrogens (primary N) is 1. The number of aliphatic hydroxyl groups is 2. The molecule has 0 amide bonds. The van der Waals surface area contributed by atoms with Crippen LogP contribution in [0.5, 0.6) is 0 Å². The maximum Gasteiger partial charge on any atom is 0.280 e. The molecule has 26 heavy (non-hydrogen) atoms. The molecule has 1 aliphatic carbocycles. The van der Waals surface area contributed by atoms with Crippen LogP contribution in [0.3, 0.4) is 0 Å². The molecule has 142 valence electrons. The van der Waals surface area contributed by atoms with Crippen LogP contribution < -0.4 is 11.3 Å². The molecular weight excluding hydrogens is 361 g/mol. The number of anilines is 1. The number of imidazole rings is 1. The molecule has 10 nitrogen and oxygen atoms in total. The molecule has 0 unspecified atom stereocenters. The van der Waals surface area contributed by atoms with Gasteiger partial charge in [-0.15, -0.1) is 0 Å². The summed E-state index contributed by atoms with van der Waals surface area (Å²) in [6.45, 7) is 8.50. The maximum absolute atomic E-state index is 12.0.